The number of rotatable bonds is 4. The van der Waals surface area contributed by atoms with Gasteiger partial charge < -0.3 is 10.1 Å². The van der Waals surface area contributed by atoms with Crippen LogP contribution in [0.25, 0.3) is 0 Å². The van der Waals surface area contributed by atoms with Gasteiger partial charge >= 0.3 is 6.18 Å². The molecule has 4 nitrogen and oxygen atoms in total. The number of benzene rings is 2. The Bertz CT molecular complexity index is 947. The van der Waals surface area contributed by atoms with Gasteiger partial charge in [0.05, 0.1) is 5.56 Å². The topological polar surface area (TPSA) is 68.8 Å². The van der Waals surface area contributed by atoms with Crippen molar-refractivity contribution in [1.82, 2.24) is 0 Å². The quantitative estimate of drug-likeness (QED) is 0.578. The molecule has 0 saturated carbocycles. The second-order valence-electron chi connectivity index (χ2n) is 4.94. The summed E-state index contributed by atoms with van der Waals surface area (Å²) in [4.78, 5) is 0. The molecule has 27 heavy (non-hydrogen) atoms. The average Bonchev–Trinajstić information content (AvgIpc) is 2.60. The highest BCUT2D eigenvalue weighted by Crippen LogP contribution is 2.36. The zero-order chi connectivity index (χ0) is 20.2. The number of anilines is 1. The maximum Gasteiger partial charge on any atom is 0.416 e. The van der Waals surface area contributed by atoms with Crippen molar-refractivity contribution in [3.05, 3.63) is 65.1 Å². The lowest BCUT2D eigenvalue weighted by Gasteiger charge is -2.13. The Balaban J connectivity index is 2.36. The maximum absolute atomic E-state index is 13.8. The van der Waals surface area contributed by atoms with E-state index in [-0.39, 0.29) is 23.4 Å². The molecule has 0 saturated heterocycles. The highest BCUT2D eigenvalue weighted by Gasteiger charge is 2.33. The van der Waals surface area contributed by atoms with Crippen molar-refractivity contribution >= 4 is 5.69 Å². The van der Waals surface area contributed by atoms with E-state index in [1.165, 1.54) is 6.07 Å². The molecule has 0 spiro atoms. The van der Waals surface area contributed by atoms with E-state index in [0.717, 1.165) is 18.3 Å². The van der Waals surface area contributed by atoms with Crippen LogP contribution in [-0.2, 0) is 6.18 Å². The minimum absolute atomic E-state index is 0.0211. The molecular weight excluding hydrogens is 376 g/mol. The zero-order valence-corrected chi connectivity index (χ0v) is 13.0. The first-order valence-corrected chi connectivity index (χ1v) is 6.96. The third-order valence-electron chi connectivity index (χ3n) is 3.09. The first-order valence-electron chi connectivity index (χ1n) is 6.96. The Morgan fingerprint density at radius 1 is 0.963 bits per heavy atom. The van der Waals surface area contributed by atoms with Gasteiger partial charge in [-0.1, -0.05) is 0 Å². The largest absolute Gasteiger partial charge is 0.448 e. The predicted octanol–water partition coefficient (Wildman–Crippen LogP) is 5.26. The number of nitrogens with one attached hydrogen (secondary N) is 1. The van der Waals surface area contributed by atoms with E-state index in [4.69, 9.17) is 15.3 Å². The number of alkyl halides is 3. The van der Waals surface area contributed by atoms with Crippen LogP contribution in [0.4, 0.5) is 32.0 Å². The van der Waals surface area contributed by atoms with Crippen molar-refractivity contribution in [3.8, 4) is 23.6 Å². The maximum atomic E-state index is 13.8. The van der Waals surface area contributed by atoms with Crippen LogP contribution in [0, 0.1) is 40.1 Å². The minimum atomic E-state index is -4.97. The Morgan fingerprint density at radius 2 is 1.56 bits per heavy atom. The van der Waals surface area contributed by atoms with Crippen LogP contribution < -0.4 is 10.1 Å². The minimum Gasteiger partial charge on any atom is -0.448 e. The van der Waals surface area contributed by atoms with Gasteiger partial charge in [-0.15, -0.1) is 0 Å². The van der Waals surface area contributed by atoms with E-state index < -0.39 is 40.7 Å². The molecule has 2 rings (SSSR count). The highest BCUT2D eigenvalue weighted by atomic mass is 19.4. The highest BCUT2D eigenvalue weighted by molar-refractivity contribution is 5.53. The van der Waals surface area contributed by atoms with E-state index >= 15 is 0 Å². The first kappa shape index (κ1) is 19.7. The van der Waals surface area contributed by atoms with Crippen LogP contribution >= 0.6 is 0 Å². The fraction of sp³-hybridized carbons (Fsp3) is 0.0588. The Morgan fingerprint density at radius 3 is 2.07 bits per heavy atom. The van der Waals surface area contributed by atoms with E-state index in [1.807, 2.05) is 0 Å². The van der Waals surface area contributed by atoms with Crippen molar-refractivity contribution in [2.45, 2.75) is 6.18 Å². The summed E-state index contributed by atoms with van der Waals surface area (Å²) in [5.41, 5.74) is -1.78. The first-order chi connectivity index (χ1) is 12.7. The molecule has 0 atom stereocenters. The van der Waals surface area contributed by atoms with Gasteiger partial charge in [-0.3, -0.25) is 0 Å². The van der Waals surface area contributed by atoms with Crippen molar-refractivity contribution in [3.63, 3.8) is 0 Å². The second kappa shape index (κ2) is 7.70. The number of hydrogen-bond donors (Lipinski definition) is 1. The van der Waals surface area contributed by atoms with Crippen LogP contribution in [0.5, 0.6) is 11.5 Å². The zero-order valence-electron chi connectivity index (χ0n) is 13.0. The Kier molecular flexibility index (Phi) is 5.61. The van der Waals surface area contributed by atoms with E-state index in [9.17, 15) is 26.3 Å². The van der Waals surface area contributed by atoms with Crippen LogP contribution in [-0.4, -0.2) is 0 Å². The van der Waals surface area contributed by atoms with Crippen LogP contribution in [0.2, 0.25) is 0 Å². The van der Waals surface area contributed by atoms with Gasteiger partial charge in [0.15, 0.2) is 29.0 Å². The molecular formula is C17H7F6N3O. The number of hydrogen-bond acceptors (Lipinski definition) is 4. The molecule has 0 unspecified atom stereocenters. The molecule has 0 aliphatic heterocycles. The molecule has 10 heteroatoms. The molecule has 0 aromatic heterocycles. The second-order valence-corrected chi connectivity index (χ2v) is 4.94. The van der Waals surface area contributed by atoms with Crippen LogP contribution in [0.15, 0.2) is 42.1 Å². The van der Waals surface area contributed by atoms with Crippen molar-refractivity contribution < 1.29 is 31.1 Å². The van der Waals surface area contributed by atoms with Crippen molar-refractivity contribution in [1.29, 1.82) is 10.5 Å². The lowest BCUT2D eigenvalue weighted by Crippen LogP contribution is -2.07. The molecule has 1 N–H and O–H groups in total. The third-order valence-corrected chi connectivity index (χ3v) is 3.09. The number of nitrogens with zero attached hydrogens (tertiary/aromatic N) is 2. The fourth-order valence-electron chi connectivity index (χ4n) is 1.85. The summed E-state index contributed by atoms with van der Waals surface area (Å²) in [7, 11) is 0. The Hall–Kier alpha value is -3.66. The van der Waals surface area contributed by atoms with Gasteiger partial charge in [0, 0.05) is 18.0 Å². The van der Waals surface area contributed by atoms with Gasteiger partial charge in [0.2, 0.25) is 0 Å². The number of nitriles is 2. The Labute approximate surface area is 148 Å². The summed E-state index contributed by atoms with van der Waals surface area (Å²) < 4.78 is 83.8. The summed E-state index contributed by atoms with van der Waals surface area (Å²) in [6, 6.07) is 6.13. The molecule has 0 bridgehead atoms. The van der Waals surface area contributed by atoms with Crippen LogP contribution in [0.1, 0.15) is 5.56 Å². The molecule has 0 aliphatic carbocycles. The molecule has 2 aromatic carbocycles. The van der Waals surface area contributed by atoms with Gasteiger partial charge in [0.1, 0.15) is 17.7 Å². The van der Waals surface area contributed by atoms with Gasteiger partial charge in [-0.2, -0.15) is 23.7 Å². The number of allylic oxidation sites excluding steroid dienone is 1. The monoisotopic (exact) mass is 383 g/mol. The van der Waals surface area contributed by atoms with Gasteiger partial charge in [-0.05, 0) is 24.3 Å². The molecule has 138 valence electrons. The van der Waals surface area contributed by atoms with Gasteiger partial charge in [0.25, 0.3) is 0 Å². The standard InChI is InChI=1S/C17H7F6N3O/c18-12-2-1-11(26-8-9(6-24)7-25)5-15(12)27-16-13(19)3-10(4-14(16)20)17(21,22)23/h1-5,8,26H. The lowest BCUT2D eigenvalue weighted by molar-refractivity contribution is -0.138. The lowest BCUT2D eigenvalue weighted by atomic mass is 10.2. The van der Waals surface area contributed by atoms with Crippen molar-refractivity contribution in [2.24, 2.45) is 0 Å². The van der Waals surface area contributed by atoms with E-state index in [0.29, 0.717) is 0 Å². The van der Waals surface area contributed by atoms with E-state index in [1.54, 1.807) is 12.1 Å². The average molecular weight is 383 g/mol. The van der Waals surface area contributed by atoms with Crippen LogP contribution in [0.3, 0.4) is 0 Å². The molecule has 0 fully saturated rings. The molecule has 0 heterocycles. The summed E-state index contributed by atoms with van der Waals surface area (Å²) in [5, 5.41) is 19.7. The molecule has 0 aliphatic rings. The van der Waals surface area contributed by atoms with Gasteiger partial charge in [-0.25, -0.2) is 13.2 Å². The molecule has 2 aromatic rings. The fourth-order valence-corrected chi connectivity index (χ4v) is 1.85. The number of ether oxygens (including phenoxy) is 1. The number of halogens is 6. The third kappa shape index (κ3) is 4.70. The normalized spacial score (nSPS) is 10.5. The molecule has 0 amide bonds. The molecule has 0 radical (unpaired) electrons. The summed E-state index contributed by atoms with van der Waals surface area (Å²) in [6.45, 7) is 0. The summed E-state index contributed by atoms with van der Waals surface area (Å²) in [5.74, 6) is -6.30. The summed E-state index contributed by atoms with van der Waals surface area (Å²) in [6.07, 6.45) is -3.98. The summed E-state index contributed by atoms with van der Waals surface area (Å²) >= 11 is 0. The smallest absolute Gasteiger partial charge is 0.416 e. The van der Waals surface area contributed by atoms with Crippen molar-refractivity contribution in [2.75, 3.05) is 5.32 Å². The van der Waals surface area contributed by atoms with E-state index in [2.05, 4.69) is 5.32 Å². The predicted molar refractivity (Wildman–Crippen MR) is 80.8 cm³/mol. The SMILES string of the molecule is N#CC(C#N)=CNc1ccc(F)c(Oc2c(F)cc(C(F)(F)F)cc2F)c1.